The number of nitrogens with zero attached hydrogens (tertiary/aromatic N) is 8. The lowest BCUT2D eigenvalue weighted by Crippen LogP contribution is -2.10. The lowest BCUT2D eigenvalue weighted by Gasteiger charge is -2.19. The van der Waals surface area contributed by atoms with Gasteiger partial charge in [-0.05, 0) is 165 Å². The highest BCUT2D eigenvalue weighted by molar-refractivity contribution is 6.34. The zero-order chi connectivity index (χ0) is 74.6. The number of para-hydroxylation sites is 4. The van der Waals surface area contributed by atoms with Crippen LogP contribution in [0.3, 0.4) is 0 Å². The molecule has 24 rings (SSSR count). The Morgan fingerprint density at radius 2 is 0.527 bits per heavy atom. The number of fused-ring (bicyclic) bond motifs is 30. The molecule has 0 saturated carbocycles. The van der Waals surface area contributed by atoms with Crippen LogP contribution in [0.2, 0.25) is 0 Å². The van der Waals surface area contributed by atoms with E-state index in [1.165, 1.54) is 164 Å². The highest BCUT2D eigenvalue weighted by atomic mass is 15.0. The largest absolute Gasteiger partial charge is 0.309 e. The fourth-order valence-corrected chi connectivity index (χ4v) is 20.0. The number of benzene rings is 14. The molecule has 0 saturated heterocycles. The molecule has 14 aromatic carbocycles. The summed E-state index contributed by atoms with van der Waals surface area (Å²) in [4.78, 5) is 3.86. The van der Waals surface area contributed by atoms with Gasteiger partial charge < -0.3 is 26.7 Å². The van der Waals surface area contributed by atoms with E-state index in [4.69, 9.17) is 6.57 Å². The standard InChI is InChI=1S/C70H62N4.C32H14N4/c1-67(2,3)39-21-27-55-47(33-39)48-34-40(68(4,5)6)22-28-56(48)71(55)59-31-25-43-51-37-62-52(38-61(51)73-53-19-15-13-17-45(53)63(59)65(43)73)44-26-32-60(64-46-18-14-16-20-54(46)74(62)66(44)64)72-57-29-23-41(69(7,8)9)35-49(57)50-36-42(70(10,11)12)24-30-58(50)72;1-34-24-13-12-19-23-15-27-22(14-28(23)36-26-9-5-3-7-21(26)30(24)32(19)36)18-11-10-17(16-33)29-20-6-2-4-8-25(20)35(27)31(18)29/h13-38H,1-12H3;2-15H. The van der Waals surface area contributed by atoms with Crippen LogP contribution in [0.25, 0.3) is 212 Å². The van der Waals surface area contributed by atoms with E-state index in [2.05, 4.69) is 339 Å². The van der Waals surface area contributed by atoms with Gasteiger partial charge in [-0.3, -0.25) is 0 Å². The molecule has 0 N–H and O–H groups in total. The Hall–Kier alpha value is -13.1. The third-order valence-electron chi connectivity index (χ3n) is 25.3. The minimum Gasteiger partial charge on any atom is -0.309 e. The Balaban J connectivity index is 0.000000167. The average molecular weight is 1410 g/mol. The van der Waals surface area contributed by atoms with Gasteiger partial charge in [0.2, 0.25) is 0 Å². The maximum atomic E-state index is 9.90. The number of nitriles is 1. The average Bonchev–Trinajstić information content (AvgIpc) is 1.51. The minimum atomic E-state index is 0.0266. The van der Waals surface area contributed by atoms with Gasteiger partial charge in [0.05, 0.1) is 118 Å². The normalized spacial score (nSPS) is 13.3. The molecule has 0 bridgehead atoms. The van der Waals surface area contributed by atoms with Crippen LogP contribution in [-0.2, 0) is 21.7 Å². The van der Waals surface area contributed by atoms with E-state index in [0.717, 1.165) is 65.4 Å². The summed E-state index contributed by atoms with van der Waals surface area (Å²) in [6.07, 6.45) is 0. The van der Waals surface area contributed by atoms with Crippen LogP contribution in [0.5, 0.6) is 0 Å². The zero-order valence-electron chi connectivity index (χ0n) is 63.7. The molecule has 10 aromatic heterocycles. The molecule has 0 amide bonds. The number of rotatable bonds is 2. The number of hydrogen-bond acceptors (Lipinski definition) is 1. The third-order valence-corrected chi connectivity index (χ3v) is 25.3. The maximum Gasteiger partial charge on any atom is 0.197 e. The first-order valence-electron chi connectivity index (χ1n) is 38.7. The van der Waals surface area contributed by atoms with Crippen LogP contribution in [0.4, 0.5) is 5.69 Å². The quantitative estimate of drug-likeness (QED) is 0.159. The third kappa shape index (κ3) is 8.02. The lowest BCUT2D eigenvalue weighted by atomic mass is 9.85. The summed E-state index contributed by atoms with van der Waals surface area (Å²) >= 11 is 0. The van der Waals surface area contributed by atoms with Crippen molar-refractivity contribution in [1.29, 1.82) is 5.26 Å². The van der Waals surface area contributed by atoms with Crippen molar-refractivity contribution in [2.24, 2.45) is 0 Å². The molecule has 110 heavy (non-hydrogen) atoms. The van der Waals surface area contributed by atoms with E-state index in [1.807, 2.05) is 24.3 Å². The predicted molar refractivity (Wildman–Crippen MR) is 466 cm³/mol. The van der Waals surface area contributed by atoms with Gasteiger partial charge in [0.25, 0.3) is 0 Å². The second-order valence-electron chi connectivity index (χ2n) is 35.5. The van der Waals surface area contributed by atoms with Crippen LogP contribution in [0.15, 0.2) is 243 Å². The Morgan fingerprint density at radius 1 is 0.255 bits per heavy atom. The molecule has 0 unspecified atom stereocenters. The van der Waals surface area contributed by atoms with E-state index < -0.39 is 0 Å². The second kappa shape index (κ2) is 21.0. The van der Waals surface area contributed by atoms with Gasteiger partial charge in [-0.15, -0.1) is 0 Å². The molecule has 524 valence electrons. The molecule has 0 aliphatic heterocycles. The summed E-state index contributed by atoms with van der Waals surface area (Å²) < 4.78 is 14.9. The zero-order valence-corrected chi connectivity index (χ0v) is 63.7. The van der Waals surface area contributed by atoms with E-state index in [9.17, 15) is 5.26 Å². The highest BCUT2D eigenvalue weighted by Crippen LogP contribution is 2.52. The molecule has 10 heterocycles. The van der Waals surface area contributed by atoms with Crippen molar-refractivity contribution in [2.75, 3.05) is 0 Å². The van der Waals surface area contributed by atoms with Crippen molar-refractivity contribution >= 4 is 202 Å². The first kappa shape index (κ1) is 63.0. The fraction of sp³-hybridized carbons (Fsp3) is 0.157. The molecular weight excluding hydrogens is 1340 g/mol. The molecule has 0 radical (unpaired) electrons. The Kier molecular flexibility index (Phi) is 12.0. The molecule has 0 aliphatic rings. The van der Waals surface area contributed by atoms with Crippen LogP contribution in [-0.4, -0.2) is 26.7 Å². The van der Waals surface area contributed by atoms with Crippen LogP contribution >= 0.6 is 0 Å². The molecule has 24 aromatic rings. The van der Waals surface area contributed by atoms with E-state index in [1.54, 1.807) is 0 Å². The summed E-state index contributed by atoms with van der Waals surface area (Å²) in [6, 6.07) is 93.5. The second-order valence-corrected chi connectivity index (χ2v) is 35.5. The van der Waals surface area contributed by atoms with Gasteiger partial charge in [0.15, 0.2) is 5.69 Å². The van der Waals surface area contributed by atoms with Crippen molar-refractivity contribution in [2.45, 2.75) is 105 Å². The lowest BCUT2D eigenvalue weighted by molar-refractivity contribution is 0.590. The van der Waals surface area contributed by atoms with E-state index in [0.29, 0.717) is 11.3 Å². The number of aromatic nitrogens is 6. The predicted octanol–water partition coefficient (Wildman–Crippen LogP) is 27.8. The van der Waals surface area contributed by atoms with Crippen molar-refractivity contribution < 1.29 is 0 Å². The van der Waals surface area contributed by atoms with Gasteiger partial charge in [-0.25, -0.2) is 4.85 Å². The van der Waals surface area contributed by atoms with E-state index >= 15 is 0 Å². The SMILES string of the molecule is CC(C)(C)c1ccc2c(c1)c1cc(C(C)(C)C)ccc1n2-c1ccc2c3cc4c(cc3n3c5ccccc5c1c23)c1ccc(-n2c3ccc(C(C)(C)C)cc3c3cc(C(C)(C)C)ccc32)c2c3ccccc3n4c12.[C-]#[N+]c1ccc2c3cc4c(cc3n3c5ccccc5c1c23)c1ccc(C#N)c2c3ccccc3n4c12. The van der Waals surface area contributed by atoms with Crippen molar-refractivity contribution in [3.8, 4) is 17.4 Å². The smallest absolute Gasteiger partial charge is 0.197 e. The minimum absolute atomic E-state index is 0.0266. The Bertz CT molecular complexity index is 7700. The van der Waals surface area contributed by atoms with Gasteiger partial charge in [-0.2, -0.15) is 5.26 Å². The molecular formula is C102H76N8. The Labute approximate surface area is 633 Å². The molecule has 0 fully saturated rings. The summed E-state index contributed by atoms with van der Waals surface area (Å²) in [6.45, 7) is 35.7. The molecule has 8 heteroatoms. The van der Waals surface area contributed by atoms with Crippen molar-refractivity contribution in [3.63, 3.8) is 0 Å². The van der Waals surface area contributed by atoms with Crippen LogP contribution in [0, 0.1) is 17.9 Å². The molecule has 8 nitrogen and oxygen atoms in total. The first-order chi connectivity index (χ1) is 53.0. The maximum absolute atomic E-state index is 9.90. The number of hydrogen-bond donors (Lipinski definition) is 0. The van der Waals surface area contributed by atoms with Gasteiger partial charge in [0.1, 0.15) is 0 Å². The molecule has 0 atom stereocenters. The van der Waals surface area contributed by atoms with Crippen molar-refractivity contribution in [3.05, 3.63) is 282 Å². The van der Waals surface area contributed by atoms with Crippen molar-refractivity contribution in [1.82, 2.24) is 26.7 Å². The monoisotopic (exact) mass is 1410 g/mol. The first-order valence-corrected chi connectivity index (χ1v) is 38.7. The fourth-order valence-electron chi connectivity index (χ4n) is 20.0. The van der Waals surface area contributed by atoms with Gasteiger partial charge in [-0.1, -0.05) is 210 Å². The van der Waals surface area contributed by atoms with Gasteiger partial charge in [0, 0.05) is 102 Å². The summed E-state index contributed by atoms with van der Waals surface area (Å²) in [7, 11) is 0. The highest BCUT2D eigenvalue weighted by Gasteiger charge is 2.31. The molecule has 0 spiro atoms. The van der Waals surface area contributed by atoms with Crippen LogP contribution < -0.4 is 0 Å². The topological polar surface area (TPSA) is 55.6 Å². The van der Waals surface area contributed by atoms with Crippen LogP contribution in [0.1, 0.15) is 111 Å². The summed E-state index contributed by atoms with van der Waals surface area (Å²) in [5.41, 5.74) is 28.6. The molecule has 0 aliphatic carbocycles. The summed E-state index contributed by atoms with van der Waals surface area (Å²) in [5.74, 6) is 0. The summed E-state index contributed by atoms with van der Waals surface area (Å²) in [5, 5.41) is 34.3. The van der Waals surface area contributed by atoms with Gasteiger partial charge >= 0.3 is 0 Å². The Morgan fingerprint density at radius 3 is 0.845 bits per heavy atom. The van der Waals surface area contributed by atoms with E-state index in [-0.39, 0.29) is 21.7 Å².